The number of hydrogen-bond donors (Lipinski definition) is 3. The molecule has 0 saturated carbocycles. The molecule has 0 bridgehead atoms. The number of nitriles is 1. The topological polar surface area (TPSA) is 112 Å². The molecule has 0 aliphatic heterocycles. The van der Waals surface area contributed by atoms with Crippen molar-refractivity contribution in [3.05, 3.63) is 53.6 Å². The van der Waals surface area contributed by atoms with Crippen LogP contribution in [0.1, 0.15) is 38.1 Å². The zero-order valence-corrected chi connectivity index (χ0v) is 15.7. The van der Waals surface area contributed by atoms with Gasteiger partial charge in [0.2, 0.25) is 5.88 Å². The fourth-order valence-corrected chi connectivity index (χ4v) is 2.48. The Hall–Kier alpha value is -3.67. The normalized spacial score (nSPS) is 11.7. The fraction of sp³-hybridized carbons (Fsp3) is 0.263. The van der Waals surface area contributed by atoms with Gasteiger partial charge in [0, 0.05) is 12.3 Å². The van der Waals surface area contributed by atoms with Crippen LogP contribution in [-0.2, 0) is 0 Å². The third kappa shape index (κ3) is 4.54. The first-order valence-electron chi connectivity index (χ1n) is 8.73. The van der Waals surface area contributed by atoms with Gasteiger partial charge in [-0.25, -0.2) is 9.37 Å². The molecule has 1 atom stereocenters. The van der Waals surface area contributed by atoms with Crippen molar-refractivity contribution in [2.24, 2.45) is 0 Å². The Morgan fingerprint density at radius 3 is 2.71 bits per heavy atom. The zero-order chi connectivity index (χ0) is 20.1. The van der Waals surface area contributed by atoms with Gasteiger partial charge in [-0.3, -0.25) is 10.1 Å². The Bertz CT molecular complexity index is 982. The maximum atomic E-state index is 14.4. The summed E-state index contributed by atoms with van der Waals surface area (Å²) in [6, 6.07) is 10.00. The molecular weight excluding hydrogens is 361 g/mol. The lowest BCUT2D eigenvalue weighted by Gasteiger charge is -2.16. The zero-order valence-electron chi connectivity index (χ0n) is 15.7. The second-order valence-electron chi connectivity index (χ2n) is 6.36. The summed E-state index contributed by atoms with van der Waals surface area (Å²) in [5.41, 5.74) is 0.871. The van der Waals surface area contributed by atoms with Crippen LogP contribution in [0.4, 0.5) is 21.8 Å². The van der Waals surface area contributed by atoms with Crippen molar-refractivity contribution in [3.8, 4) is 11.9 Å². The summed E-state index contributed by atoms with van der Waals surface area (Å²) in [5, 5.41) is 22.0. The molecule has 0 amide bonds. The lowest BCUT2D eigenvalue weighted by Crippen LogP contribution is -2.12. The number of nitrogens with one attached hydrogen (secondary N) is 3. The molecule has 3 aromatic heterocycles. The minimum absolute atomic E-state index is 0.0372. The summed E-state index contributed by atoms with van der Waals surface area (Å²) in [6.45, 7) is 5.64. The molecule has 0 aromatic carbocycles. The van der Waals surface area contributed by atoms with Gasteiger partial charge in [-0.15, -0.1) is 5.10 Å². The number of aromatic amines is 1. The number of ether oxygens (including phenoxy) is 1. The minimum atomic E-state index is -0.659. The lowest BCUT2D eigenvalue weighted by molar-refractivity contribution is 0.232. The molecule has 3 aromatic rings. The maximum absolute atomic E-state index is 14.4. The smallest absolute Gasteiger partial charge is 0.234 e. The number of rotatable bonds is 7. The van der Waals surface area contributed by atoms with Crippen molar-refractivity contribution in [1.82, 2.24) is 20.2 Å². The molecule has 0 spiro atoms. The van der Waals surface area contributed by atoms with Gasteiger partial charge >= 0.3 is 0 Å². The molecule has 0 saturated heterocycles. The molecule has 8 nitrogen and oxygen atoms in total. The number of nitrogens with zero attached hydrogens (tertiary/aromatic N) is 4. The number of H-pyrrole nitrogens is 1. The number of hydrogen-bond acceptors (Lipinski definition) is 7. The van der Waals surface area contributed by atoms with Gasteiger partial charge < -0.3 is 15.4 Å². The first-order valence-corrected chi connectivity index (χ1v) is 8.73. The molecule has 3 N–H and O–H groups in total. The van der Waals surface area contributed by atoms with E-state index in [-0.39, 0.29) is 29.3 Å². The Labute approximate surface area is 161 Å². The van der Waals surface area contributed by atoms with E-state index in [0.717, 1.165) is 11.8 Å². The largest absolute Gasteiger partial charge is 0.474 e. The maximum Gasteiger partial charge on any atom is 0.234 e. The number of halogens is 1. The Morgan fingerprint density at radius 1 is 1.21 bits per heavy atom. The Kier molecular flexibility index (Phi) is 5.69. The molecule has 0 aliphatic carbocycles. The van der Waals surface area contributed by atoms with Crippen LogP contribution in [0, 0.1) is 17.1 Å². The molecule has 9 heteroatoms. The summed E-state index contributed by atoms with van der Waals surface area (Å²) >= 11 is 0. The summed E-state index contributed by atoms with van der Waals surface area (Å²) < 4.78 is 19.9. The SMILES string of the molecule is CC(C)Oc1cc(Nc2nc(N[C@@H](C)c3ccccn3)c(C#N)cc2F)[nH]n1. The number of anilines is 3. The average Bonchev–Trinajstić information content (AvgIpc) is 3.10. The van der Waals surface area contributed by atoms with E-state index < -0.39 is 5.82 Å². The number of pyridine rings is 2. The van der Waals surface area contributed by atoms with Crippen molar-refractivity contribution in [1.29, 1.82) is 5.26 Å². The third-order valence-electron chi connectivity index (χ3n) is 3.74. The van der Waals surface area contributed by atoms with Crippen LogP contribution in [0.15, 0.2) is 36.5 Å². The van der Waals surface area contributed by atoms with Gasteiger partial charge in [-0.2, -0.15) is 5.26 Å². The minimum Gasteiger partial charge on any atom is -0.474 e. The van der Waals surface area contributed by atoms with Crippen LogP contribution in [0.2, 0.25) is 0 Å². The van der Waals surface area contributed by atoms with Gasteiger partial charge in [-0.05, 0) is 39.0 Å². The van der Waals surface area contributed by atoms with Gasteiger partial charge in [0.15, 0.2) is 11.6 Å². The summed E-state index contributed by atoms with van der Waals surface area (Å²) in [4.78, 5) is 8.51. The molecule has 0 unspecified atom stereocenters. The van der Waals surface area contributed by atoms with E-state index >= 15 is 0 Å². The van der Waals surface area contributed by atoms with Crippen LogP contribution in [-0.4, -0.2) is 26.3 Å². The Morgan fingerprint density at radius 2 is 2.04 bits per heavy atom. The van der Waals surface area contributed by atoms with Crippen LogP contribution in [0.25, 0.3) is 0 Å². The second-order valence-corrected chi connectivity index (χ2v) is 6.36. The van der Waals surface area contributed by atoms with E-state index in [0.29, 0.717) is 11.7 Å². The van der Waals surface area contributed by atoms with E-state index in [4.69, 9.17) is 4.74 Å². The molecule has 0 radical (unpaired) electrons. The average molecular weight is 381 g/mol. The number of aromatic nitrogens is 4. The Balaban J connectivity index is 1.83. The predicted molar refractivity (Wildman–Crippen MR) is 103 cm³/mol. The quantitative estimate of drug-likeness (QED) is 0.569. The van der Waals surface area contributed by atoms with Crippen molar-refractivity contribution in [2.45, 2.75) is 32.9 Å². The molecular formula is C19H20FN7O. The first kappa shape index (κ1) is 19.1. The van der Waals surface area contributed by atoms with Gasteiger partial charge in [-0.1, -0.05) is 6.07 Å². The standard InChI is InChI=1S/C19H20FN7O/c1-11(2)28-17-9-16(26-27-17)24-19-14(20)8-13(10-21)18(25-19)23-12(3)15-6-4-5-7-22-15/h4-9,11-12H,1-3H3,(H3,23,24,25,26,27)/t12-/m0/s1. The highest BCUT2D eigenvalue weighted by Gasteiger charge is 2.16. The van der Waals surface area contributed by atoms with Gasteiger partial charge in [0.1, 0.15) is 17.7 Å². The summed E-state index contributed by atoms with van der Waals surface area (Å²) in [6.07, 6.45) is 1.64. The predicted octanol–water partition coefficient (Wildman–Crippen LogP) is 3.91. The van der Waals surface area contributed by atoms with E-state index in [2.05, 4.69) is 30.8 Å². The van der Waals surface area contributed by atoms with Gasteiger partial charge in [0.05, 0.1) is 23.4 Å². The molecule has 3 rings (SSSR count). The summed E-state index contributed by atoms with van der Waals surface area (Å²) in [7, 11) is 0. The highest BCUT2D eigenvalue weighted by atomic mass is 19.1. The van der Waals surface area contributed by atoms with E-state index in [1.807, 2.05) is 45.0 Å². The van der Waals surface area contributed by atoms with E-state index in [1.165, 1.54) is 0 Å². The fourth-order valence-electron chi connectivity index (χ4n) is 2.48. The lowest BCUT2D eigenvalue weighted by atomic mass is 10.2. The highest BCUT2D eigenvalue weighted by molar-refractivity contribution is 5.62. The molecule has 144 valence electrons. The van der Waals surface area contributed by atoms with Crippen molar-refractivity contribution < 1.29 is 9.13 Å². The van der Waals surface area contributed by atoms with Crippen LogP contribution < -0.4 is 15.4 Å². The second kappa shape index (κ2) is 8.35. The molecule has 0 aliphatic rings. The van der Waals surface area contributed by atoms with Crippen molar-refractivity contribution in [3.63, 3.8) is 0 Å². The molecule has 28 heavy (non-hydrogen) atoms. The van der Waals surface area contributed by atoms with E-state index in [1.54, 1.807) is 12.3 Å². The third-order valence-corrected chi connectivity index (χ3v) is 3.74. The summed E-state index contributed by atoms with van der Waals surface area (Å²) in [5.74, 6) is 0.342. The van der Waals surface area contributed by atoms with Crippen LogP contribution in [0.5, 0.6) is 5.88 Å². The molecule has 3 heterocycles. The van der Waals surface area contributed by atoms with Crippen molar-refractivity contribution in [2.75, 3.05) is 10.6 Å². The highest BCUT2D eigenvalue weighted by Crippen LogP contribution is 2.26. The monoisotopic (exact) mass is 381 g/mol. The van der Waals surface area contributed by atoms with Gasteiger partial charge in [0.25, 0.3) is 0 Å². The van der Waals surface area contributed by atoms with Crippen LogP contribution in [0.3, 0.4) is 0 Å². The van der Waals surface area contributed by atoms with Crippen molar-refractivity contribution >= 4 is 17.5 Å². The van der Waals surface area contributed by atoms with E-state index in [9.17, 15) is 9.65 Å². The first-order chi connectivity index (χ1) is 13.5. The van der Waals surface area contributed by atoms with Crippen LogP contribution >= 0.6 is 0 Å². The molecule has 0 fully saturated rings.